The molecule has 1 fully saturated rings. The second kappa shape index (κ2) is 6.18. The van der Waals surface area contributed by atoms with Crippen LogP contribution in [0.5, 0.6) is 0 Å². The molecule has 20 heavy (non-hydrogen) atoms. The molecular weight excluding hydrogens is 296 g/mol. The van der Waals surface area contributed by atoms with Crippen LogP contribution in [0, 0.1) is 5.82 Å². The first-order valence-corrected chi connectivity index (χ1v) is 6.72. The van der Waals surface area contributed by atoms with Crippen LogP contribution in [-0.2, 0) is 0 Å². The van der Waals surface area contributed by atoms with Crippen molar-refractivity contribution in [3.8, 4) is 0 Å². The molecule has 2 rings (SSSR count). The Balaban J connectivity index is 1.85. The predicted octanol–water partition coefficient (Wildman–Crippen LogP) is 3.92. The van der Waals surface area contributed by atoms with Gasteiger partial charge in [0.25, 0.3) is 0 Å². The van der Waals surface area contributed by atoms with Gasteiger partial charge in [-0.05, 0) is 31.0 Å². The lowest BCUT2D eigenvalue weighted by Gasteiger charge is -2.33. The zero-order valence-corrected chi connectivity index (χ0v) is 11.4. The number of anilines is 1. The van der Waals surface area contributed by atoms with Crippen molar-refractivity contribution in [1.29, 1.82) is 0 Å². The Morgan fingerprint density at radius 2 is 1.90 bits per heavy atom. The number of rotatable bonds is 3. The molecular formula is C13H15ClF4N2. The van der Waals surface area contributed by atoms with E-state index >= 15 is 0 Å². The molecule has 1 aromatic carbocycles. The molecule has 1 saturated heterocycles. The number of halogens is 5. The van der Waals surface area contributed by atoms with E-state index in [0.717, 1.165) is 0 Å². The van der Waals surface area contributed by atoms with E-state index in [9.17, 15) is 17.6 Å². The second-order valence-electron chi connectivity index (χ2n) is 4.93. The summed E-state index contributed by atoms with van der Waals surface area (Å²) in [7, 11) is 0. The molecule has 0 unspecified atom stereocenters. The molecule has 0 aromatic heterocycles. The molecule has 7 heteroatoms. The smallest absolute Gasteiger partial charge is 0.380 e. The molecule has 1 aliphatic rings. The summed E-state index contributed by atoms with van der Waals surface area (Å²) in [5.41, 5.74) is 0.337. The van der Waals surface area contributed by atoms with E-state index in [2.05, 4.69) is 5.32 Å². The molecule has 0 atom stereocenters. The molecule has 1 aromatic rings. The molecule has 1 heterocycles. The highest BCUT2D eigenvalue weighted by molar-refractivity contribution is 6.30. The van der Waals surface area contributed by atoms with Crippen LogP contribution >= 0.6 is 11.6 Å². The molecule has 0 spiro atoms. The monoisotopic (exact) mass is 310 g/mol. The third kappa shape index (κ3) is 4.52. The normalized spacial score (nSPS) is 18.2. The van der Waals surface area contributed by atoms with E-state index in [1.54, 1.807) is 12.1 Å². The summed E-state index contributed by atoms with van der Waals surface area (Å²) in [5, 5.41) is 3.33. The van der Waals surface area contributed by atoms with E-state index < -0.39 is 18.5 Å². The van der Waals surface area contributed by atoms with Crippen LogP contribution in [0.15, 0.2) is 18.2 Å². The lowest BCUT2D eigenvalue weighted by atomic mass is 10.0. The van der Waals surface area contributed by atoms with E-state index in [1.807, 2.05) is 0 Å². The Labute approximate surface area is 119 Å². The van der Waals surface area contributed by atoms with Crippen molar-refractivity contribution in [3.63, 3.8) is 0 Å². The van der Waals surface area contributed by atoms with Crippen molar-refractivity contribution in [2.24, 2.45) is 0 Å². The number of piperidine rings is 1. The van der Waals surface area contributed by atoms with Crippen LogP contribution in [0.25, 0.3) is 0 Å². The van der Waals surface area contributed by atoms with Crippen LogP contribution in [0.1, 0.15) is 12.8 Å². The summed E-state index contributed by atoms with van der Waals surface area (Å²) >= 11 is 5.66. The Hall–Kier alpha value is -1.01. The minimum atomic E-state index is -4.16. The highest BCUT2D eigenvalue weighted by Gasteiger charge is 2.32. The molecule has 0 aliphatic carbocycles. The third-order valence-electron chi connectivity index (χ3n) is 3.28. The quantitative estimate of drug-likeness (QED) is 0.851. The SMILES string of the molecule is Fc1cc(Cl)ccc1NC1CCN(CC(F)(F)F)CC1. The number of benzene rings is 1. The first-order chi connectivity index (χ1) is 9.33. The fourth-order valence-corrected chi connectivity index (χ4v) is 2.47. The second-order valence-corrected chi connectivity index (χ2v) is 5.37. The zero-order chi connectivity index (χ0) is 14.8. The lowest BCUT2D eigenvalue weighted by molar-refractivity contribution is -0.147. The van der Waals surface area contributed by atoms with Crippen molar-refractivity contribution in [1.82, 2.24) is 4.90 Å². The summed E-state index contributed by atoms with van der Waals surface area (Å²) in [6, 6.07) is 4.31. The van der Waals surface area contributed by atoms with Crippen LogP contribution < -0.4 is 5.32 Å². The number of nitrogens with one attached hydrogen (secondary N) is 1. The van der Waals surface area contributed by atoms with Gasteiger partial charge in [-0.1, -0.05) is 11.6 Å². The average molecular weight is 311 g/mol. The fourth-order valence-electron chi connectivity index (χ4n) is 2.32. The van der Waals surface area contributed by atoms with Gasteiger partial charge in [0.2, 0.25) is 0 Å². The van der Waals surface area contributed by atoms with Crippen LogP contribution in [0.4, 0.5) is 23.2 Å². The summed E-state index contributed by atoms with van der Waals surface area (Å²) in [6.45, 7) is -0.173. The molecule has 0 amide bonds. The van der Waals surface area contributed by atoms with Crippen molar-refractivity contribution < 1.29 is 17.6 Å². The number of hydrogen-bond acceptors (Lipinski definition) is 2. The largest absolute Gasteiger partial charge is 0.401 e. The molecule has 0 bridgehead atoms. The maximum absolute atomic E-state index is 13.6. The third-order valence-corrected chi connectivity index (χ3v) is 3.52. The molecule has 112 valence electrons. The van der Waals surface area contributed by atoms with Gasteiger partial charge in [-0.15, -0.1) is 0 Å². The van der Waals surface area contributed by atoms with Gasteiger partial charge in [-0.25, -0.2) is 4.39 Å². The summed E-state index contributed by atoms with van der Waals surface area (Å²) in [4.78, 5) is 1.37. The maximum atomic E-state index is 13.6. The number of hydrogen-bond donors (Lipinski definition) is 1. The number of likely N-dealkylation sites (tertiary alicyclic amines) is 1. The van der Waals surface area contributed by atoms with Gasteiger partial charge in [0, 0.05) is 24.2 Å². The van der Waals surface area contributed by atoms with Gasteiger partial charge in [-0.2, -0.15) is 13.2 Å². The first-order valence-electron chi connectivity index (χ1n) is 6.34. The average Bonchev–Trinajstić information content (AvgIpc) is 2.33. The standard InChI is InChI=1S/C13H15ClF4N2/c14-9-1-2-12(11(15)7-9)19-10-3-5-20(6-4-10)8-13(16,17)18/h1-2,7,10,19H,3-6,8H2. The summed E-state index contributed by atoms with van der Waals surface area (Å²) in [5.74, 6) is -0.449. The highest BCUT2D eigenvalue weighted by atomic mass is 35.5. The molecule has 0 saturated carbocycles. The lowest BCUT2D eigenvalue weighted by Crippen LogP contribution is -2.43. The Morgan fingerprint density at radius 3 is 2.45 bits per heavy atom. The Bertz CT molecular complexity index is 456. The Morgan fingerprint density at radius 1 is 1.25 bits per heavy atom. The van der Waals surface area contributed by atoms with Crippen LogP contribution in [0.3, 0.4) is 0 Å². The fraction of sp³-hybridized carbons (Fsp3) is 0.538. The van der Waals surface area contributed by atoms with E-state index in [1.165, 1.54) is 11.0 Å². The van der Waals surface area contributed by atoms with Crippen molar-refractivity contribution in [2.45, 2.75) is 25.1 Å². The zero-order valence-electron chi connectivity index (χ0n) is 10.7. The van der Waals surface area contributed by atoms with E-state index in [-0.39, 0.29) is 6.04 Å². The van der Waals surface area contributed by atoms with Gasteiger partial charge in [0.1, 0.15) is 5.82 Å². The summed E-state index contributed by atoms with van der Waals surface area (Å²) < 4.78 is 50.4. The van der Waals surface area contributed by atoms with Gasteiger partial charge in [0.15, 0.2) is 0 Å². The van der Waals surface area contributed by atoms with Crippen molar-refractivity contribution in [3.05, 3.63) is 29.0 Å². The molecule has 0 radical (unpaired) electrons. The number of alkyl halides is 3. The van der Waals surface area contributed by atoms with Gasteiger partial charge < -0.3 is 5.32 Å². The topological polar surface area (TPSA) is 15.3 Å². The van der Waals surface area contributed by atoms with Crippen molar-refractivity contribution in [2.75, 3.05) is 25.0 Å². The highest BCUT2D eigenvalue weighted by Crippen LogP contribution is 2.24. The van der Waals surface area contributed by atoms with E-state index in [4.69, 9.17) is 11.6 Å². The number of nitrogens with zero attached hydrogens (tertiary/aromatic N) is 1. The predicted molar refractivity (Wildman–Crippen MR) is 70.5 cm³/mol. The summed E-state index contributed by atoms with van der Waals surface area (Å²) in [6.07, 6.45) is -3.06. The first kappa shape index (κ1) is 15.4. The minimum Gasteiger partial charge on any atom is -0.380 e. The molecule has 1 N–H and O–H groups in total. The van der Waals surface area contributed by atoms with Gasteiger partial charge >= 0.3 is 6.18 Å². The minimum absolute atomic E-state index is 0.0184. The van der Waals surface area contributed by atoms with E-state index in [0.29, 0.717) is 36.6 Å². The molecule has 1 aliphatic heterocycles. The van der Waals surface area contributed by atoms with Crippen LogP contribution in [-0.4, -0.2) is 36.8 Å². The van der Waals surface area contributed by atoms with Crippen LogP contribution in [0.2, 0.25) is 5.02 Å². The molecule has 2 nitrogen and oxygen atoms in total. The maximum Gasteiger partial charge on any atom is 0.401 e. The van der Waals surface area contributed by atoms with Gasteiger partial charge in [0.05, 0.1) is 12.2 Å². The van der Waals surface area contributed by atoms with Gasteiger partial charge in [-0.3, -0.25) is 4.90 Å². The Kier molecular flexibility index (Phi) is 4.75. The van der Waals surface area contributed by atoms with Crippen molar-refractivity contribution >= 4 is 17.3 Å².